The Labute approximate surface area is 189 Å². The molecule has 1 aromatic carbocycles. The molecule has 8 heteroatoms. The second kappa shape index (κ2) is 10.6. The largest absolute Gasteiger partial charge is 0.459 e. The number of piperazine rings is 1. The van der Waals surface area contributed by atoms with Crippen molar-refractivity contribution in [3.8, 4) is 11.5 Å². The Bertz CT molecular complexity index is 821. The summed E-state index contributed by atoms with van der Waals surface area (Å²) in [6.45, 7) is 8.70. The lowest BCUT2D eigenvalue weighted by atomic mass is 9.86. The van der Waals surface area contributed by atoms with Crippen molar-refractivity contribution in [3.05, 3.63) is 35.6 Å². The maximum Gasteiger partial charge on any atom is 0.288 e. The molecule has 3 heterocycles. The van der Waals surface area contributed by atoms with Crippen molar-refractivity contribution in [2.24, 2.45) is 11.8 Å². The summed E-state index contributed by atoms with van der Waals surface area (Å²) in [5, 5.41) is 9.19. The van der Waals surface area contributed by atoms with Crippen LogP contribution >= 0.6 is 0 Å². The molecule has 176 valence electrons. The van der Waals surface area contributed by atoms with Gasteiger partial charge in [0.15, 0.2) is 17.3 Å². The van der Waals surface area contributed by atoms with E-state index in [4.69, 9.17) is 18.9 Å². The van der Waals surface area contributed by atoms with Crippen molar-refractivity contribution in [2.75, 3.05) is 46.2 Å². The number of rotatable bonds is 8. The maximum atomic E-state index is 13.2. The zero-order valence-corrected chi connectivity index (χ0v) is 19.0. The van der Waals surface area contributed by atoms with Crippen LogP contribution in [0.2, 0.25) is 0 Å². The number of hydrogen-bond acceptors (Lipinski definition) is 7. The van der Waals surface area contributed by atoms with Crippen LogP contribution in [-0.4, -0.2) is 73.3 Å². The predicted octanol–water partition coefficient (Wildman–Crippen LogP) is 2.36. The number of carbonyl (C=O) groups is 1. The fourth-order valence-corrected chi connectivity index (χ4v) is 4.59. The summed E-state index contributed by atoms with van der Waals surface area (Å²) in [7, 11) is 0. The molecule has 0 saturated carbocycles. The van der Waals surface area contributed by atoms with Crippen LogP contribution < -0.4 is 9.47 Å². The summed E-state index contributed by atoms with van der Waals surface area (Å²) < 4.78 is 22.7. The molecule has 0 spiro atoms. The molecule has 3 atom stereocenters. The molecule has 1 fully saturated rings. The number of amides is 1. The molecule has 0 aromatic heterocycles. The topological polar surface area (TPSA) is 80.7 Å². The third kappa shape index (κ3) is 5.19. The average Bonchev–Trinajstić information content (AvgIpc) is 3.26. The van der Waals surface area contributed by atoms with Gasteiger partial charge in [0.1, 0.15) is 0 Å². The summed E-state index contributed by atoms with van der Waals surface area (Å²) in [6, 6.07) is 6.05. The molecule has 1 N–H and O–H groups in total. The Kier molecular flexibility index (Phi) is 7.55. The van der Waals surface area contributed by atoms with Crippen LogP contribution in [0, 0.1) is 11.8 Å². The van der Waals surface area contributed by atoms with Gasteiger partial charge in [-0.15, -0.1) is 0 Å². The van der Waals surface area contributed by atoms with E-state index in [9.17, 15) is 9.90 Å². The predicted molar refractivity (Wildman–Crippen MR) is 118 cm³/mol. The van der Waals surface area contributed by atoms with E-state index in [1.165, 1.54) is 5.56 Å². The third-order valence-electron chi connectivity index (χ3n) is 6.42. The number of carbonyl (C=O) groups excluding carboxylic acids is 1. The number of benzene rings is 1. The number of hydrogen-bond donors (Lipinski definition) is 1. The zero-order chi connectivity index (χ0) is 22.5. The van der Waals surface area contributed by atoms with E-state index in [-0.39, 0.29) is 31.1 Å². The molecule has 1 saturated heterocycles. The number of fused-ring (bicyclic) bond motifs is 1. The van der Waals surface area contributed by atoms with E-state index in [1.807, 2.05) is 30.0 Å². The Balaban J connectivity index is 1.32. The second-order valence-corrected chi connectivity index (χ2v) is 8.62. The van der Waals surface area contributed by atoms with Gasteiger partial charge in [0.05, 0.1) is 0 Å². The van der Waals surface area contributed by atoms with Crippen LogP contribution in [0.5, 0.6) is 11.5 Å². The highest BCUT2D eigenvalue weighted by Gasteiger charge is 2.36. The van der Waals surface area contributed by atoms with Gasteiger partial charge in [-0.3, -0.25) is 9.69 Å². The van der Waals surface area contributed by atoms with Crippen LogP contribution in [0.3, 0.4) is 0 Å². The molecule has 0 aliphatic carbocycles. The van der Waals surface area contributed by atoms with E-state index in [0.717, 1.165) is 37.6 Å². The van der Waals surface area contributed by atoms with E-state index in [2.05, 4.69) is 17.9 Å². The number of aliphatic hydroxyl groups is 1. The zero-order valence-electron chi connectivity index (χ0n) is 19.0. The molecule has 0 unspecified atom stereocenters. The van der Waals surface area contributed by atoms with Gasteiger partial charge in [-0.05, 0) is 49.5 Å². The summed E-state index contributed by atoms with van der Waals surface area (Å²) in [6.07, 6.45) is 2.99. The fourth-order valence-electron chi connectivity index (χ4n) is 4.59. The highest BCUT2D eigenvalue weighted by molar-refractivity contribution is 5.91. The summed E-state index contributed by atoms with van der Waals surface area (Å²) in [4.78, 5) is 17.4. The van der Waals surface area contributed by atoms with Crippen LogP contribution in [0.1, 0.15) is 32.3 Å². The van der Waals surface area contributed by atoms with E-state index in [0.29, 0.717) is 31.9 Å². The first-order valence-corrected chi connectivity index (χ1v) is 11.6. The van der Waals surface area contributed by atoms with Gasteiger partial charge < -0.3 is 29.0 Å². The van der Waals surface area contributed by atoms with Crippen molar-refractivity contribution in [1.29, 1.82) is 0 Å². The van der Waals surface area contributed by atoms with E-state index in [1.54, 1.807) is 0 Å². The molecule has 1 aromatic rings. The van der Waals surface area contributed by atoms with Crippen molar-refractivity contribution >= 4 is 5.91 Å². The van der Waals surface area contributed by atoms with Gasteiger partial charge in [0.25, 0.3) is 5.91 Å². The third-order valence-corrected chi connectivity index (χ3v) is 6.42. The van der Waals surface area contributed by atoms with Crippen molar-refractivity contribution < 1.29 is 28.8 Å². The van der Waals surface area contributed by atoms with Crippen molar-refractivity contribution in [3.63, 3.8) is 0 Å². The quantitative estimate of drug-likeness (QED) is 0.657. The molecule has 1 amide bonds. The Morgan fingerprint density at radius 3 is 2.72 bits per heavy atom. The Morgan fingerprint density at radius 2 is 1.97 bits per heavy atom. The molecule has 3 aliphatic heterocycles. The minimum atomic E-state index is -0.446. The SMILES string of the molecule is CCO[C@H]1OC(C(=O)N2CCN(Cc3ccc4c(c3)OCO4)CC2)=C[C@@H](C)[C@H]1CCCO. The monoisotopic (exact) mass is 446 g/mol. The summed E-state index contributed by atoms with van der Waals surface area (Å²) >= 11 is 0. The van der Waals surface area contributed by atoms with Crippen LogP contribution in [0.25, 0.3) is 0 Å². The van der Waals surface area contributed by atoms with Gasteiger partial charge in [0, 0.05) is 51.9 Å². The van der Waals surface area contributed by atoms with Gasteiger partial charge in [-0.1, -0.05) is 13.0 Å². The van der Waals surface area contributed by atoms with Gasteiger partial charge >= 0.3 is 0 Å². The first kappa shape index (κ1) is 22.9. The average molecular weight is 447 g/mol. The maximum absolute atomic E-state index is 13.2. The number of allylic oxidation sites excluding steroid dienone is 1. The first-order chi connectivity index (χ1) is 15.6. The lowest BCUT2D eigenvalue weighted by Crippen LogP contribution is -2.49. The van der Waals surface area contributed by atoms with Crippen LogP contribution in [0.15, 0.2) is 30.0 Å². The molecular formula is C24H34N2O6. The Morgan fingerprint density at radius 1 is 1.19 bits per heavy atom. The minimum absolute atomic E-state index is 0.0649. The molecule has 3 aliphatic rings. The Hall–Kier alpha value is -2.29. The second-order valence-electron chi connectivity index (χ2n) is 8.62. The highest BCUT2D eigenvalue weighted by atomic mass is 16.7. The van der Waals surface area contributed by atoms with E-state index >= 15 is 0 Å². The van der Waals surface area contributed by atoms with Gasteiger partial charge in [-0.25, -0.2) is 0 Å². The normalized spacial score (nSPS) is 25.4. The molecule has 32 heavy (non-hydrogen) atoms. The molecular weight excluding hydrogens is 412 g/mol. The van der Waals surface area contributed by atoms with Crippen molar-refractivity contribution in [1.82, 2.24) is 9.80 Å². The number of ether oxygens (including phenoxy) is 4. The van der Waals surface area contributed by atoms with Crippen molar-refractivity contribution in [2.45, 2.75) is 39.5 Å². The molecule has 0 bridgehead atoms. The van der Waals surface area contributed by atoms with Crippen LogP contribution in [0.4, 0.5) is 0 Å². The number of nitrogens with zero attached hydrogens (tertiary/aromatic N) is 2. The minimum Gasteiger partial charge on any atom is -0.459 e. The fraction of sp³-hybridized carbons (Fsp3) is 0.625. The molecule has 4 rings (SSSR count). The standard InChI is InChI=1S/C24H34N2O6/c1-3-29-24-19(5-4-12-27)17(2)13-22(32-24)23(28)26-10-8-25(9-11-26)15-18-6-7-20-21(14-18)31-16-30-20/h6-7,13-14,17,19,24,27H,3-5,8-12,15-16H2,1-2H3/t17-,19-,24+/m1/s1. The van der Waals surface area contributed by atoms with E-state index < -0.39 is 6.29 Å². The smallest absolute Gasteiger partial charge is 0.288 e. The van der Waals surface area contributed by atoms with Crippen LogP contribution in [-0.2, 0) is 20.8 Å². The lowest BCUT2D eigenvalue weighted by molar-refractivity contribution is -0.175. The van der Waals surface area contributed by atoms with Gasteiger partial charge in [-0.2, -0.15) is 0 Å². The molecule has 0 radical (unpaired) electrons. The first-order valence-electron chi connectivity index (χ1n) is 11.6. The number of aliphatic hydroxyl groups excluding tert-OH is 1. The van der Waals surface area contributed by atoms with Gasteiger partial charge in [0.2, 0.25) is 13.1 Å². The lowest BCUT2D eigenvalue weighted by Gasteiger charge is -2.38. The summed E-state index contributed by atoms with van der Waals surface area (Å²) in [5.74, 6) is 2.21. The molecule has 8 nitrogen and oxygen atoms in total. The highest BCUT2D eigenvalue weighted by Crippen LogP contribution is 2.34. The summed E-state index contributed by atoms with van der Waals surface area (Å²) in [5.41, 5.74) is 1.18.